The van der Waals surface area contributed by atoms with E-state index in [2.05, 4.69) is 11.4 Å². The fourth-order valence-corrected chi connectivity index (χ4v) is 5.61. The molecule has 32 heavy (non-hydrogen) atoms. The maximum atomic E-state index is 13.0. The van der Waals surface area contributed by atoms with Crippen LogP contribution < -0.4 is 5.32 Å². The van der Waals surface area contributed by atoms with Gasteiger partial charge in [0.05, 0.1) is 11.6 Å². The fourth-order valence-electron chi connectivity index (χ4n) is 3.85. The van der Waals surface area contributed by atoms with Gasteiger partial charge in [-0.15, -0.1) is 22.7 Å². The summed E-state index contributed by atoms with van der Waals surface area (Å²) in [6, 6.07) is 10.8. The van der Waals surface area contributed by atoms with Gasteiger partial charge in [-0.1, -0.05) is 18.2 Å². The summed E-state index contributed by atoms with van der Waals surface area (Å²) in [6.07, 6.45) is -3.59. The number of halogens is 3. The van der Waals surface area contributed by atoms with Crippen LogP contribution in [0.15, 0.2) is 53.2 Å². The first kappa shape index (κ1) is 22.5. The number of nitrogens with zero attached hydrogens (tertiary/aromatic N) is 1. The van der Waals surface area contributed by atoms with Gasteiger partial charge in [-0.3, -0.25) is 9.59 Å². The zero-order valence-electron chi connectivity index (χ0n) is 17.0. The Morgan fingerprint density at radius 2 is 1.91 bits per heavy atom. The second-order valence-corrected chi connectivity index (χ2v) is 9.51. The Kier molecular flexibility index (Phi) is 6.66. The van der Waals surface area contributed by atoms with Crippen molar-refractivity contribution in [3.8, 4) is 0 Å². The van der Waals surface area contributed by atoms with Gasteiger partial charge in [0, 0.05) is 35.7 Å². The lowest BCUT2D eigenvalue weighted by atomic mass is 9.98. The summed E-state index contributed by atoms with van der Waals surface area (Å²) in [5.74, 6) is -0.467. The summed E-state index contributed by atoms with van der Waals surface area (Å²) in [5.41, 5.74) is 0.751. The molecule has 2 amide bonds. The van der Waals surface area contributed by atoms with Crippen molar-refractivity contribution < 1.29 is 22.8 Å². The van der Waals surface area contributed by atoms with Gasteiger partial charge in [-0.25, -0.2) is 0 Å². The quantitative estimate of drug-likeness (QED) is 0.516. The standard InChI is InChI=1S/C23H21F3N2O2S2/c24-23(25,26)16-4-1-3-15(13-16)14-27-20(29)6-7-21(30)28-10-8-18-17(9-12-32-18)22(28)19-5-2-11-31-19/h1-5,9,11-13,22H,6-8,10,14H2,(H,27,29). The van der Waals surface area contributed by atoms with E-state index in [9.17, 15) is 22.8 Å². The van der Waals surface area contributed by atoms with E-state index in [1.54, 1.807) is 22.7 Å². The Morgan fingerprint density at radius 1 is 1.06 bits per heavy atom. The predicted molar refractivity (Wildman–Crippen MR) is 118 cm³/mol. The number of alkyl halides is 3. The number of benzene rings is 1. The lowest BCUT2D eigenvalue weighted by molar-refractivity contribution is -0.137. The van der Waals surface area contributed by atoms with Crippen molar-refractivity contribution in [3.63, 3.8) is 0 Å². The number of fused-ring (bicyclic) bond motifs is 1. The highest BCUT2D eigenvalue weighted by Gasteiger charge is 2.33. The highest BCUT2D eigenvalue weighted by Crippen LogP contribution is 2.39. The van der Waals surface area contributed by atoms with E-state index >= 15 is 0 Å². The summed E-state index contributed by atoms with van der Waals surface area (Å²) in [6.45, 7) is 0.581. The Morgan fingerprint density at radius 3 is 2.66 bits per heavy atom. The first-order valence-electron chi connectivity index (χ1n) is 10.1. The third-order valence-corrected chi connectivity index (χ3v) is 7.33. The summed E-state index contributed by atoms with van der Waals surface area (Å²) in [4.78, 5) is 29.5. The molecule has 0 aliphatic carbocycles. The van der Waals surface area contributed by atoms with E-state index in [0.29, 0.717) is 12.1 Å². The molecule has 1 unspecified atom stereocenters. The van der Waals surface area contributed by atoms with Crippen molar-refractivity contribution in [1.29, 1.82) is 0 Å². The van der Waals surface area contributed by atoms with Crippen molar-refractivity contribution in [2.24, 2.45) is 0 Å². The first-order valence-corrected chi connectivity index (χ1v) is 11.9. The smallest absolute Gasteiger partial charge is 0.352 e. The monoisotopic (exact) mass is 478 g/mol. The van der Waals surface area contributed by atoms with Crippen LogP contribution in [-0.2, 0) is 28.7 Å². The number of carbonyl (C=O) groups excluding carboxylic acids is 2. The molecule has 0 fully saturated rings. The zero-order valence-corrected chi connectivity index (χ0v) is 18.7. The number of amides is 2. The van der Waals surface area contributed by atoms with Crippen molar-refractivity contribution in [2.75, 3.05) is 6.54 Å². The Balaban J connectivity index is 1.35. The third-order valence-electron chi connectivity index (χ3n) is 5.41. The number of carbonyl (C=O) groups is 2. The molecular formula is C23H21F3N2O2S2. The minimum Gasteiger partial charge on any atom is -0.352 e. The Labute approximate surface area is 191 Å². The molecule has 0 saturated carbocycles. The Hall–Kier alpha value is -2.65. The number of thiophene rings is 2. The molecule has 0 bridgehead atoms. The Bertz CT molecular complexity index is 1090. The van der Waals surface area contributed by atoms with Crippen LogP contribution in [0.2, 0.25) is 0 Å². The van der Waals surface area contributed by atoms with Crippen LogP contribution in [0.3, 0.4) is 0 Å². The molecule has 2 aromatic heterocycles. The number of hydrogen-bond acceptors (Lipinski definition) is 4. The molecular weight excluding hydrogens is 457 g/mol. The highest BCUT2D eigenvalue weighted by atomic mass is 32.1. The summed E-state index contributed by atoms with van der Waals surface area (Å²) >= 11 is 3.30. The second-order valence-electron chi connectivity index (χ2n) is 7.53. The second kappa shape index (κ2) is 9.46. The van der Waals surface area contributed by atoms with Gasteiger partial charge in [0.25, 0.3) is 0 Å². The lowest BCUT2D eigenvalue weighted by Gasteiger charge is -2.35. The van der Waals surface area contributed by atoms with Gasteiger partial charge in [0.1, 0.15) is 0 Å². The van der Waals surface area contributed by atoms with Gasteiger partial charge < -0.3 is 10.2 Å². The van der Waals surface area contributed by atoms with Crippen molar-refractivity contribution in [3.05, 3.63) is 79.7 Å². The molecule has 3 aromatic rings. The molecule has 168 valence electrons. The van der Waals surface area contributed by atoms with Gasteiger partial charge in [-0.05, 0) is 52.6 Å². The number of nitrogens with one attached hydrogen (secondary N) is 1. The molecule has 4 nitrogen and oxygen atoms in total. The molecule has 1 aliphatic rings. The molecule has 9 heteroatoms. The van der Waals surface area contributed by atoms with Crippen LogP contribution >= 0.6 is 22.7 Å². The maximum Gasteiger partial charge on any atom is 0.416 e. The zero-order chi connectivity index (χ0) is 22.7. The largest absolute Gasteiger partial charge is 0.416 e. The molecule has 4 rings (SSSR count). The van der Waals surface area contributed by atoms with Crippen molar-refractivity contribution in [2.45, 2.75) is 38.0 Å². The summed E-state index contributed by atoms with van der Waals surface area (Å²) in [5, 5.41) is 6.64. The average molecular weight is 479 g/mol. The predicted octanol–water partition coefficient (Wildman–Crippen LogP) is 5.40. The van der Waals surface area contributed by atoms with Crippen LogP contribution in [0.5, 0.6) is 0 Å². The van der Waals surface area contributed by atoms with Crippen LogP contribution in [0.25, 0.3) is 0 Å². The first-order chi connectivity index (χ1) is 15.3. The highest BCUT2D eigenvalue weighted by molar-refractivity contribution is 7.10. The molecule has 0 radical (unpaired) electrons. The molecule has 3 heterocycles. The molecule has 0 spiro atoms. The number of hydrogen-bond donors (Lipinski definition) is 1. The molecule has 0 saturated heterocycles. The average Bonchev–Trinajstić information content (AvgIpc) is 3.47. The van der Waals surface area contributed by atoms with Crippen LogP contribution in [0.4, 0.5) is 13.2 Å². The maximum absolute atomic E-state index is 13.0. The SMILES string of the molecule is O=C(CCC(=O)N1CCc2sccc2C1c1cccs1)NCc1cccc(C(F)(F)F)c1. The van der Waals surface area contributed by atoms with Gasteiger partial charge in [-0.2, -0.15) is 13.2 Å². The topological polar surface area (TPSA) is 49.4 Å². The minimum absolute atomic E-state index is 0.0120. The third kappa shape index (κ3) is 5.05. The molecule has 1 aromatic carbocycles. The normalized spacial score (nSPS) is 16.0. The molecule has 1 atom stereocenters. The summed E-state index contributed by atoms with van der Waals surface area (Å²) in [7, 11) is 0. The van der Waals surface area contributed by atoms with Gasteiger partial charge >= 0.3 is 6.18 Å². The molecule has 1 aliphatic heterocycles. The molecule has 1 N–H and O–H groups in total. The summed E-state index contributed by atoms with van der Waals surface area (Å²) < 4.78 is 38.5. The van der Waals surface area contributed by atoms with Crippen LogP contribution in [0.1, 0.15) is 45.3 Å². The van der Waals surface area contributed by atoms with E-state index in [1.807, 2.05) is 27.8 Å². The number of rotatable bonds is 6. The van der Waals surface area contributed by atoms with E-state index in [4.69, 9.17) is 0 Å². The minimum atomic E-state index is -4.43. The van der Waals surface area contributed by atoms with Crippen LogP contribution in [0, 0.1) is 0 Å². The van der Waals surface area contributed by atoms with E-state index in [-0.39, 0.29) is 37.2 Å². The lowest BCUT2D eigenvalue weighted by Crippen LogP contribution is -2.40. The van der Waals surface area contributed by atoms with Crippen molar-refractivity contribution in [1.82, 2.24) is 10.2 Å². The van der Waals surface area contributed by atoms with E-state index in [0.717, 1.165) is 29.0 Å². The van der Waals surface area contributed by atoms with Crippen molar-refractivity contribution >= 4 is 34.5 Å². The van der Waals surface area contributed by atoms with Gasteiger partial charge in [0.2, 0.25) is 11.8 Å². The van der Waals surface area contributed by atoms with E-state index in [1.165, 1.54) is 17.0 Å². The fraction of sp³-hybridized carbons (Fsp3) is 0.304. The van der Waals surface area contributed by atoms with Crippen LogP contribution in [-0.4, -0.2) is 23.3 Å². The van der Waals surface area contributed by atoms with Gasteiger partial charge in [0.15, 0.2) is 0 Å². The van der Waals surface area contributed by atoms with E-state index < -0.39 is 11.7 Å².